The van der Waals surface area contributed by atoms with Gasteiger partial charge in [-0.25, -0.2) is 0 Å². The third-order valence-corrected chi connectivity index (χ3v) is 6.15. The van der Waals surface area contributed by atoms with Crippen molar-refractivity contribution in [3.63, 3.8) is 0 Å². The lowest BCUT2D eigenvalue weighted by atomic mass is 9.98. The van der Waals surface area contributed by atoms with E-state index in [0.717, 1.165) is 10.9 Å². The first-order valence-corrected chi connectivity index (χ1v) is 11.6. The van der Waals surface area contributed by atoms with Crippen molar-refractivity contribution in [1.82, 2.24) is 5.16 Å². The number of amides is 1. The van der Waals surface area contributed by atoms with Crippen molar-refractivity contribution in [2.45, 2.75) is 26.3 Å². The fraction of sp³-hybridized carbons (Fsp3) is 0.240. The third kappa shape index (κ3) is 3.56. The molecule has 2 aromatic heterocycles. The highest BCUT2D eigenvalue weighted by Crippen LogP contribution is 2.43. The molecule has 1 unspecified atom stereocenters. The number of nitrogens with zero attached hydrogens (tertiary/aromatic N) is 2. The molecular formula is C25H21BrN2O6. The molecule has 0 aliphatic carbocycles. The van der Waals surface area contributed by atoms with E-state index in [2.05, 4.69) is 21.1 Å². The van der Waals surface area contributed by atoms with E-state index in [-0.39, 0.29) is 22.6 Å². The minimum absolute atomic E-state index is 0.0178. The quantitative estimate of drug-likeness (QED) is 0.333. The number of aryl methyl sites for hydroxylation is 1. The Morgan fingerprint density at radius 3 is 2.65 bits per heavy atom. The summed E-state index contributed by atoms with van der Waals surface area (Å²) in [7, 11) is 1.55. The normalized spacial score (nSPS) is 15.1. The molecule has 0 saturated carbocycles. The van der Waals surface area contributed by atoms with Crippen molar-refractivity contribution in [1.29, 1.82) is 0 Å². The van der Waals surface area contributed by atoms with Gasteiger partial charge in [-0.1, -0.05) is 34.1 Å². The predicted molar refractivity (Wildman–Crippen MR) is 129 cm³/mol. The molecule has 34 heavy (non-hydrogen) atoms. The first-order chi connectivity index (χ1) is 16.4. The number of carbonyl (C=O) groups excluding carboxylic acids is 1. The molecule has 1 aliphatic heterocycles. The Hall–Kier alpha value is -3.59. The van der Waals surface area contributed by atoms with Crippen molar-refractivity contribution in [3.05, 3.63) is 79.8 Å². The highest BCUT2D eigenvalue weighted by atomic mass is 79.9. The number of fused-ring (bicyclic) bond motifs is 2. The molecule has 0 N–H and O–H groups in total. The fourth-order valence-corrected chi connectivity index (χ4v) is 4.51. The molecule has 174 valence electrons. The van der Waals surface area contributed by atoms with Crippen molar-refractivity contribution < 1.29 is 23.2 Å². The summed E-state index contributed by atoms with van der Waals surface area (Å²) in [5.41, 5.74) is 0.928. The Bertz CT molecular complexity index is 1470. The van der Waals surface area contributed by atoms with Crippen LogP contribution in [-0.2, 0) is 0 Å². The van der Waals surface area contributed by atoms with E-state index in [0.29, 0.717) is 40.4 Å². The predicted octanol–water partition coefficient (Wildman–Crippen LogP) is 5.40. The lowest BCUT2D eigenvalue weighted by molar-refractivity contribution is 0.0969. The van der Waals surface area contributed by atoms with Crippen LogP contribution in [0.25, 0.3) is 11.0 Å². The van der Waals surface area contributed by atoms with Crippen molar-refractivity contribution >= 4 is 38.6 Å². The monoisotopic (exact) mass is 524 g/mol. The summed E-state index contributed by atoms with van der Waals surface area (Å²) in [6, 6.07) is 11.3. The molecule has 1 aliphatic rings. The number of aromatic nitrogens is 1. The molecule has 1 atom stereocenters. The van der Waals surface area contributed by atoms with E-state index >= 15 is 0 Å². The molecule has 5 rings (SSSR count). The standard InChI is InChI=1S/C25H21BrN2O6/c1-4-9-32-18-7-5-14(11-19(18)31-3)22-21-23(29)16-12-15(26)6-8-17(16)33-24(21)25(30)28(22)20-10-13(2)34-27-20/h5-8,10-12,22H,4,9H2,1-3H3. The Morgan fingerprint density at radius 2 is 1.94 bits per heavy atom. The van der Waals surface area contributed by atoms with Crippen LogP contribution < -0.4 is 19.8 Å². The summed E-state index contributed by atoms with van der Waals surface area (Å²) in [6.07, 6.45) is 0.846. The minimum Gasteiger partial charge on any atom is -0.493 e. The first kappa shape index (κ1) is 22.2. The molecule has 3 heterocycles. The molecule has 2 aromatic carbocycles. The number of halogens is 1. The third-order valence-electron chi connectivity index (χ3n) is 5.66. The molecule has 4 aromatic rings. The second kappa shape index (κ2) is 8.64. The summed E-state index contributed by atoms with van der Waals surface area (Å²) in [5, 5.41) is 4.42. The average molecular weight is 525 g/mol. The van der Waals surface area contributed by atoms with Gasteiger partial charge in [0.15, 0.2) is 22.7 Å². The van der Waals surface area contributed by atoms with Gasteiger partial charge in [-0.05, 0) is 49.2 Å². The maximum absolute atomic E-state index is 13.7. The van der Waals surface area contributed by atoms with Gasteiger partial charge in [-0.2, -0.15) is 0 Å². The number of anilines is 1. The number of carbonyl (C=O) groups is 1. The van der Waals surface area contributed by atoms with Gasteiger partial charge in [0.2, 0.25) is 5.76 Å². The molecular weight excluding hydrogens is 504 g/mol. The summed E-state index contributed by atoms with van der Waals surface area (Å²) in [4.78, 5) is 28.7. The van der Waals surface area contributed by atoms with Crippen LogP contribution in [0.3, 0.4) is 0 Å². The van der Waals surface area contributed by atoms with Crippen LogP contribution in [0.1, 0.15) is 46.8 Å². The fourth-order valence-electron chi connectivity index (χ4n) is 4.15. The van der Waals surface area contributed by atoms with Crippen LogP contribution in [0.5, 0.6) is 11.5 Å². The smallest absolute Gasteiger partial charge is 0.296 e. The van der Waals surface area contributed by atoms with Crippen LogP contribution in [-0.4, -0.2) is 24.8 Å². The number of hydrogen-bond acceptors (Lipinski definition) is 7. The van der Waals surface area contributed by atoms with Gasteiger partial charge in [0.1, 0.15) is 11.3 Å². The van der Waals surface area contributed by atoms with Gasteiger partial charge in [0.05, 0.1) is 30.7 Å². The van der Waals surface area contributed by atoms with Crippen LogP contribution in [0.4, 0.5) is 5.82 Å². The van der Waals surface area contributed by atoms with Gasteiger partial charge in [0, 0.05) is 10.5 Å². The van der Waals surface area contributed by atoms with Crippen LogP contribution in [0, 0.1) is 6.92 Å². The Balaban J connectivity index is 1.75. The van der Waals surface area contributed by atoms with Crippen molar-refractivity contribution in [2.75, 3.05) is 18.6 Å². The summed E-state index contributed by atoms with van der Waals surface area (Å²) >= 11 is 3.41. The van der Waals surface area contributed by atoms with Crippen LogP contribution >= 0.6 is 15.9 Å². The van der Waals surface area contributed by atoms with E-state index in [1.807, 2.05) is 13.0 Å². The molecule has 8 nitrogen and oxygen atoms in total. The topological polar surface area (TPSA) is 95.0 Å². The maximum Gasteiger partial charge on any atom is 0.296 e. The lowest BCUT2D eigenvalue weighted by Crippen LogP contribution is -2.29. The highest BCUT2D eigenvalue weighted by molar-refractivity contribution is 9.10. The molecule has 0 radical (unpaired) electrons. The van der Waals surface area contributed by atoms with Gasteiger partial charge in [-0.3, -0.25) is 14.5 Å². The summed E-state index contributed by atoms with van der Waals surface area (Å²) in [6.45, 7) is 4.29. The highest BCUT2D eigenvalue weighted by Gasteiger charge is 2.45. The minimum atomic E-state index is -0.791. The number of rotatable bonds is 6. The van der Waals surface area contributed by atoms with E-state index in [1.54, 1.807) is 50.4 Å². The molecule has 0 saturated heterocycles. The van der Waals surface area contributed by atoms with Gasteiger partial charge in [0.25, 0.3) is 5.91 Å². The Labute approximate surface area is 203 Å². The van der Waals surface area contributed by atoms with E-state index in [9.17, 15) is 9.59 Å². The molecule has 0 bridgehead atoms. The SMILES string of the molecule is CCCOc1ccc(C2c3c(oc4ccc(Br)cc4c3=O)C(=O)N2c2cc(C)on2)cc1OC. The zero-order valence-electron chi connectivity index (χ0n) is 18.8. The number of hydrogen-bond donors (Lipinski definition) is 0. The van der Waals surface area contributed by atoms with Gasteiger partial charge < -0.3 is 18.4 Å². The van der Waals surface area contributed by atoms with Gasteiger partial charge in [-0.15, -0.1) is 0 Å². The summed E-state index contributed by atoms with van der Waals surface area (Å²) < 4.78 is 23.3. The van der Waals surface area contributed by atoms with Gasteiger partial charge >= 0.3 is 0 Å². The van der Waals surface area contributed by atoms with E-state index in [4.69, 9.17) is 18.4 Å². The van der Waals surface area contributed by atoms with E-state index in [1.165, 1.54) is 4.90 Å². The molecule has 0 fully saturated rings. The molecule has 0 spiro atoms. The zero-order chi connectivity index (χ0) is 24.0. The molecule has 1 amide bonds. The second-order valence-corrected chi connectivity index (χ2v) is 8.86. The Morgan fingerprint density at radius 1 is 1.12 bits per heavy atom. The zero-order valence-corrected chi connectivity index (χ0v) is 20.3. The first-order valence-electron chi connectivity index (χ1n) is 10.8. The molecule has 9 heteroatoms. The summed E-state index contributed by atoms with van der Waals surface area (Å²) in [5.74, 6) is 1.41. The maximum atomic E-state index is 13.7. The number of ether oxygens (including phenoxy) is 2. The number of methoxy groups -OCH3 is 1. The van der Waals surface area contributed by atoms with Crippen molar-refractivity contribution in [3.8, 4) is 11.5 Å². The second-order valence-electron chi connectivity index (χ2n) is 7.95. The largest absolute Gasteiger partial charge is 0.493 e. The van der Waals surface area contributed by atoms with Crippen LogP contribution in [0.15, 0.2) is 60.7 Å². The van der Waals surface area contributed by atoms with Crippen LogP contribution in [0.2, 0.25) is 0 Å². The average Bonchev–Trinajstić information content (AvgIpc) is 3.39. The van der Waals surface area contributed by atoms with E-state index < -0.39 is 11.9 Å². The Kier molecular flexibility index (Phi) is 5.65. The number of benzene rings is 2. The van der Waals surface area contributed by atoms with Crippen molar-refractivity contribution in [2.24, 2.45) is 0 Å². The lowest BCUT2D eigenvalue weighted by Gasteiger charge is -2.23.